The summed E-state index contributed by atoms with van der Waals surface area (Å²) in [6.45, 7) is 4.28. The Kier molecular flexibility index (Phi) is 4.93. The fourth-order valence-electron chi connectivity index (χ4n) is 2.53. The molecule has 18 heavy (non-hydrogen) atoms. The number of methoxy groups -OCH3 is 1. The van der Waals surface area contributed by atoms with Crippen LogP contribution in [0.15, 0.2) is 22.7 Å². The van der Waals surface area contributed by atoms with Gasteiger partial charge in [-0.2, -0.15) is 0 Å². The van der Waals surface area contributed by atoms with E-state index in [-0.39, 0.29) is 0 Å². The Morgan fingerprint density at radius 1 is 1.50 bits per heavy atom. The van der Waals surface area contributed by atoms with Crippen LogP contribution in [0, 0.1) is 5.92 Å². The Hall–Kier alpha value is -0.250. The Labute approximate surface area is 122 Å². The second-order valence-corrected chi connectivity index (χ2v) is 6.08. The summed E-state index contributed by atoms with van der Waals surface area (Å²) in [4.78, 5) is 2.39. The lowest BCUT2D eigenvalue weighted by molar-refractivity contribution is 0.0498. The molecule has 100 valence electrons. The average molecular weight is 333 g/mol. The van der Waals surface area contributed by atoms with Crippen LogP contribution in [0.2, 0.25) is 0 Å². The van der Waals surface area contributed by atoms with Crippen LogP contribution in [0.4, 0.5) is 5.69 Å². The first-order valence-electron chi connectivity index (χ1n) is 6.28. The molecule has 0 amide bonds. The highest BCUT2D eigenvalue weighted by atomic mass is 79.9. The molecular weight excluding hydrogens is 314 g/mol. The van der Waals surface area contributed by atoms with E-state index in [0.29, 0.717) is 17.9 Å². The van der Waals surface area contributed by atoms with Gasteiger partial charge in [0, 0.05) is 36.2 Å². The van der Waals surface area contributed by atoms with Crippen LogP contribution in [0.3, 0.4) is 0 Å². The first-order valence-corrected chi connectivity index (χ1v) is 7.60. The lowest BCUT2D eigenvalue weighted by atomic mass is 9.95. The van der Waals surface area contributed by atoms with Crippen LogP contribution >= 0.6 is 27.5 Å². The normalized spacial score (nSPS) is 24.3. The maximum absolute atomic E-state index is 6.04. The average Bonchev–Trinajstić information content (AvgIpc) is 2.39. The molecule has 1 aromatic carbocycles. The van der Waals surface area contributed by atoms with Crippen molar-refractivity contribution in [2.45, 2.75) is 25.3 Å². The van der Waals surface area contributed by atoms with Crippen molar-refractivity contribution in [2.24, 2.45) is 5.92 Å². The third kappa shape index (κ3) is 3.01. The predicted molar refractivity (Wildman–Crippen MR) is 80.5 cm³/mol. The summed E-state index contributed by atoms with van der Waals surface area (Å²) in [5.74, 6) is 1.17. The topological polar surface area (TPSA) is 12.5 Å². The van der Waals surface area contributed by atoms with E-state index >= 15 is 0 Å². The molecule has 0 aliphatic carbocycles. The molecule has 0 spiro atoms. The fourth-order valence-corrected chi connectivity index (χ4v) is 3.15. The van der Waals surface area contributed by atoms with Gasteiger partial charge in [-0.1, -0.05) is 22.9 Å². The molecule has 1 aromatic rings. The summed E-state index contributed by atoms with van der Waals surface area (Å²) >= 11 is 9.54. The van der Waals surface area contributed by atoms with Crippen molar-refractivity contribution in [3.63, 3.8) is 0 Å². The van der Waals surface area contributed by atoms with Crippen LogP contribution in [-0.2, 0) is 10.6 Å². The molecule has 0 aromatic heterocycles. The summed E-state index contributed by atoms with van der Waals surface area (Å²) in [5.41, 5.74) is 2.41. The minimum atomic E-state index is 0.311. The fraction of sp³-hybridized carbons (Fsp3) is 0.571. The van der Waals surface area contributed by atoms with E-state index in [4.69, 9.17) is 16.3 Å². The smallest absolute Gasteiger partial charge is 0.0772 e. The molecule has 0 saturated carbocycles. The van der Waals surface area contributed by atoms with E-state index < -0.39 is 0 Å². The van der Waals surface area contributed by atoms with Crippen molar-refractivity contribution < 1.29 is 4.74 Å². The van der Waals surface area contributed by atoms with Gasteiger partial charge in [-0.25, -0.2) is 0 Å². The van der Waals surface area contributed by atoms with Crippen molar-refractivity contribution in [1.82, 2.24) is 0 Å². The molecule has 1 fully saturated rings. The number of piperidine rings is 1. The van der Waals surface area contributed by atoms with Crippen molar-refractivity contribution >= 4 is 33.2 Å². The van der Waals surface area contributed by atoms with Crippen LogP contribution in [0.5, 0.6) is 0 Å². The van der Waals surface area contributed by atoms with E-state index in [1.54, 1.807) is 7.11 Å². The Morgan fingerprint density at radius 3 is 2.94 bits per heavy atom. The number of hydrogen-bond donors (Lipinski definition) is 0. The molecular formula is C14H19BrClNO. The zero-order chi connectivity index (χ0) is 13.1. The molecule has 1 heterocycles. The summed E-state index contributed by atoms with van der Waals surface area (Å²) in [7, 11) is 1.80. The maximum atomic E-state index is 6.04. The molecule has 1 aliphatic rings. The molecule has 0 N–H and O–H groups in total. The number of alkyl halides is 1. The van der Waals surface area contributed by atoms with E-state index in [2.05, 4.69) is 46.0 Å². The van der Waals surface area contributed by atoms with Gasteiger partial charge >= 0.3 is 0 Å². The number of rotatable bonds is 3. The van der Waals surface area contributed by atoms with E-state index in [1.165, 1.54) is 11.3 Å². The Morgan fingerprint density at radius 2 is 2.28 bits per heavy atom. The third-order valence-electron chi connectivity index (χ3n) is 3.72. The molecule has 4 heteroatoms. The Balaban J connectivity index is 2.21. The summed E-state index contributed by atoms with van der Waals surface area (Å²) in [6.07, 6.45) is 1.47. The lowest BCUT2D eigenvalue weighted by Crippen LogP contribution is -2.44. The highest BCUT2D eigenvalue weighted by Gasteiger charge is 2.27. The van der Waals surface area contributed by atoms with E-state index in [1.807, 2.05) is 0 Å². The van der Waals surface area contributed by atoms with E-state index in [0.717, 1.165) is 24.0 Å². The van der Waals surface area contributed by atoms with Gasteiger partial charge in [-0.15, -0.1) is 11.6 Å². The number of anilines is 1. The second kappa shape index (κ2) is 6.27. The number of benzene rings is 1. The molecule has 1 aliphatic heterocycles. The van der Waals surface area contributed by atoms with Crippen LogP contribution in [0.25, 0.3) is 0 Å². The van der Waals surface area contributed by atoms with Crippen molar-refractivity contribution in [2.75, 3.05) is 25.1 Å². The third-order valence-corrected chi connectivity index (χ3v) is 4.50. The van der Waals surface area contributed by atoms with Crippen molar-refractivity contribution in [1.29, 1.82) is 0 Å². The standard InChI is InChI=1S/C14H19BrClNO/c1-10-5-6-17(9-14(10)18-2)13-4-3-12(15)7-11(13)8-16/h3-4,7,10,14H,5-6,8-9H2,1-2H3. The van der Waals surface area contributed by atoms with Gasteiger partial charge in [0.05, 0.1) is 6.10 Å². The number of hydrogen-bond acceptors (Lipinski definition) is 2. The highest BCUT2D eigenvalue weighted by Crippen LogP contribution is 2.30. The first kappa shape index (κ1) is 14.2. The van der Waals surface area contributed by atoms with Gasteiger partial charge in [0.25, 0.3) is 0 Å². The quantitative estimate of drug-likeness (QED) is 0.774. The van der Waals surface area contributed by atoms with E-state index in [9.17, 15) is 0 Å². The van der Waals surface area contributed by atoms with Gasteiger partial charge in [0.15, 0.2) is 0 Å². The zero-order valence-electron chi connectivity index (χ0n) is 10.8. The van der Waals surface area contributed by atoms with Gasteiger partial charge in [0.1, 0.15) is 0 Å². The molecule has 2 atom stereocenters. The van der Waals surface area contributed by atoms with Gasteiger partial charge in [-0.3, -0.25) is 0 Å². The molecule has 0 bridgehead atoms. The second-order valence-electron chi connectivity index (χ2n) is 4.89. The molecule has 1 saturated heterocycles. The van der Waals surface area contributed by atoms with Gasteiger partial charge in [0.2, 0.25) is 0 Å². The SMILES string of the molecule is COC1CN(c2ccc(Br)cc2CCl)CCC1C. The molecule has 0 radical (unpaired) electrons. The van der Waals surface area contributed by atoms with Crippen LogP contribution < -0.4 is 4.90 Å². The number of nitrogens with zero attached hydrogens (tertiary/aromatic N) is 1. The number of ether oxygens (including phenoxy) is 1. The summed E-state index contributed by atoms with van der Waals surface area (Å²) in [6, 6.07) is 6.32. The maximum Gasteiger partial charge on any atom is 0.0772 e. The predicted octanol–water partition coefficient (Wildman–Crippen LogP) is 4.05. The molecule has 2 rings (SSSR count). The lowest BCUT2D eigenvalue weighted by Gasteiger charge is -2.38. The van der Waals surface area contributed by atoms with Crippen LogP contribution in [-0.4, -0.2) is 26.3 Å². The van der Waals surface area contributed by atoms with Crippen molar-refractivity contribution in [3.05, 3.63) is 28.2 Å². The monoisotopic (exact) mass is 331 g/mol. The van der Waals surface area contributed by atoms with Crippen LogP contribution in [0.1, 0.15) is 18.9 Å². The zero-order valence-corrected chi connectivity index (χ0v) is 13.2. The molecule has 2 unspecified atom stereocenters. The Bertz CT molecular complexity index is 413. The highest BCUT2D eigenvalue weighted by molar-refractivity contribution is 9.10. The minimum absolute atomic E-state index is 0.311. The van der Waals surface area contributed by atoms with Gasteiger partial charge < -0.3 is 9.64 Å². The first-order chi connectivity index (χ1) is 8.65. The van der Waals surface area contributed by atoms with Crippen molar-refractivity contribution in [3.8, 4) is 0 Å². The minimum Gasteiger partial charge on any atom is -0.379 e. The van der Waals surface area contributed by atoms with Gasteiger partial charge in [-0.05, 0) is 36.1 Å². The largest absolute Gasteiger partial charge is 0.379 e. The summed E-state index contributed by atoms with van der Waals surface area (Å²) < 4.78 is 6.65. The molecule has 2 nitrogen and oxygen atoms in total. The summed E-state index contributed by atoms with van der Waals surface area (Å²) in [5, 5.41) is 0. The number of halogens is 2.